The highest BCUT2D eigenvalue weighted by Crippen LogP contribution is 2.34. The van der Waals surface area contributed by atoms with Crippen LogP contribution < -0.4 is 26.4 Å². The molecule has 35 heavy (non-hydrogen) atoms. The lowest BCUT2D eigenvalue weighted by Gasteiger charge is -2.07. The van der Waals surface area contributed by atoms with Crippen molar-refractivity contribution in [3.63, 3.8) is 0 Å². The average molecular weight is 516 g/mol. The summed E-state index contributed by atoms with van der Waals surface area (Å²) in [6.45, 7) is 2.73. The van der Waals surface area contributed by atoms with E-state index in [9.17, 15) is 4.79 Å². The SMILES string of the molecule is CCOc1cncc(-c2cnc(C(=O)NCc3cc(NSC4CC4)ccn3)s2)n1.CN(N)/C=C\N. The molecule has 0 atom stereocenters. The van der Waals surface area contributed by atoms with Gasteiger partial charge in [0.05, 0.1) is 36.1 Å². The normalized spacial score (nSPS) is 12.5. The van der Waals surface area contributed by atoms with E-state index in [-0.39, 0.29) is 5.91 Å². The van der Waals surface area contributed by atoms with Gasteiger partial charge in [0.2, 0.25) is 5.88 Å². The van der Waals surface area contributed by atoms with Gasteiger partial charge < -0.3 is 25.5 Å². The van der Waals surface area contributed by atoms with E-state index in [0.29, 0.717) is 35.0 Å². The van der Waals surface area contributed by atoms with Gasteiger partial charge in [-0.3, -0.25) is 14.8 Å². The molecule has 1 fully saturated rings. The number of carbonyl (C=O) groups is 1. The van der Waals surface area contributed by atoms with Gasteiger partial charge in [0.15, 0.2) is 5.01 Å². The van der Waals surface area contributed by atoms with Crippen molar-refractivity contribution in [3.05, 3.63) is 60.0 Å². The van der Waals surface area contributed by atoms with Crippen molar-refractivity contribution in [1.29, 1.82) is 0 Å². The van der Waals surface area contributed by atoms with Crippen LogP contribution in [-0.2, 0) is 6.54 Å². The van der Waals surface area contributed by atoms with E-state index in [0.717, 1.165) is 16.3 Å². The zero-order valence-corrected chi connectivity index (χ0v) is 21.2. The summed E-state index contributed by atoms with van der Waals surface area (Å²) >= 11 is 3.00. The van der Waals surface area contributed by atoms with E-state index in [1.54, 1.807) is 50.0 Å². The number of rotatable bonds is 10. The van der Waals surface area contributed by atoms with E-state index in [2.05, 4.69) is 30.0 Å². The van der Waals surface area contributed by atoms with Crippen molar-refractivity contribution in [2.45, 2.75) is 31.6 Å². The largest absolute Gasteiger partial charge is 0.477 e. The fraction of sp³-hybridized carbons (Fsp3) is 0.318. The molecule has 1 amide bonds. The Bertz CT molecular complexity index is 1120. The number of anilines is 1. The number of nitrogens with two attached hydrogens (primary N) is 2. The van der Waals surface area contributed by atoms with Crippen LogP contribution in [0, 0.1) is 0 Å². The van der Waals surface area contributed by atoms with Crippen molar-refractivity contribution in [2.75, 3.05) is 18.4 Å². The van der Waals surface area contributed by atoms with E-state index in [4.69, 9.17) is 16.3 Å². The molecule has 1 aliphatic carbocycles. The molecule has 0 aliphatic heterocycles. The van der Waals surface area contributed by atoms with Gasteiger partial charge in [-0.15, -0.1) is 11.3 Å². The summed E-state index contributed by atoms with van der Waals surface area (Å²) in [5, 5.41) is 5.32. The Kier molecular flexibility index (Phi) is 10.1. The predicted molar refractivity (Wildman–Crippen MR) is 139 cm³/mol. The second-order valence-electron chi connectivity index (χ2n) is 7.35. The highest BCUT2D eigenvalue weighted by Gasteiger charge is 2.22. The second-order valence-corrected chi connectivity index (χ2v) is 9.49. The number of nitrogens with one attached hydrogen (secondary N) is 2. The van der Waals surface area contributed by atoms with Crippen LogP contribution in [0.3, 0.4) is 0 Å². The highest BCUT2D eigenvalue weighted by atomic mass is 32.2. The molecule has 11 nitrogen and oxygen atoms in total. The molecule has 1 saturated carbocycles. The smallest absolute Gasteiger partial charge is 0.280 e. The number of amides is 1. The predicted octanol–water partition coefficient (Wildman–Crippen LogP) is 2.77. The summed E-state index contributed by atoms with van der Waals surface area (Å²) in [6, 6.07) is 3.86. The summed E-state index contributed by atoms with van der Waals surface area (Å²) in [6.07, 6.45) is 12.0. The maximum absolute atomic E-state index is 12.5. The van der Waals surface area contributed by atoms with Gasteiger partial charge in [0, 0.05) is 42.8 Å². The van der Waals surface area contributed by atoms with E-state index in [1.165, 1.54) is 35.4 Å². The molecular weight excluding hydrogens is 486 g/mol. The van der Waals surface area contributed by atoms with Crippen LogP contribution in [0.15, 0.2) is 49.3 Å². The number of hydrogen-bond donors (Lipinski definition) is 4. The Hall–Kier alpha value is -3.42. The standard InChI is InChI=1S/C19H20N6O2S2.C3H9N3/c1-2-27-17-11-20-9-15(24-17)16-10-23-19(28-16)18(26)22-8-13-7-12(5-6-21-13)25-29-14-3-4-14;1-6(5)3-2-4/h5-7,9-11,14H,2-4,8H2,1H3,(H,21,25)(H,22,26);2-3H,4-5H2,1H3/b;3-2-. The lowest BCUT2D eigenvalue weighted by Crippen LogP contribution is -2.23. The first kappa shape index (κ1) is 26.2. The summed E-state index contributed by atoms with van der Waals surface area (Å²) in [5.41, 5.74) is 7.33. The zero-order valence-electron chi connectivity index (χ0n) is 19.5. The maximum Gasteiger partial charge on any atom is 0.280 e. The van der Waals surface area contributed by atoms with Gasteiger partial charge in [-0.2, -0.15) is 0 Å². The molecule has 3 aromatic rings. The molecule has 13 heteroatoms. The minimum Gasteiger partial charge on any atom is -0.477 e. The van der Waals surface area contributed by atoms with Crippen LogP contribution in [0.4, 0.5) is 5.69 Å². The van der Waals surface area contributed by atoms with Crippen LogP contribution in [-0.4, -0.2) is 49.8 Å². The molecule has 4 rings (SSSR count). The van der Waals surface area contributed by atoms with Gasteiger partial charge in [0.1, 0.15) is 5.69 Å². The van der Waals surface area contributed by atoms with Crippen LogP contribution in [0.2, 0.25) is 0 Å². The van der Waals surface area contributed by atoms with Gasteiger partial charge >= 0.3 is 0 Å². The number of hydrogen-bond acceptors (Lipinski definition) is 12. The molecule has 6 N–H and O–H groups in total. The van der Waals surface area contributed by atoms with Crippen molar-refractivity contribution >= 4 is 34.9 Å². The van der Waals surface area contributed by atoms with Gasteiger partial charge in [-0.05, 0) is 43.8 Å². The Morgan fingerprint density at radius 1 is 1.34 bits per heavy atom. The molecule has 3 heterocycles. The number of pyridine rings is 1. The Morgan fingerprint density at radius 2 is 2.17 bits per heavy atom. The Labute approximate surface area is 212 Å². The minimum absolute atomic E-state index is 0.248. The van der Waals surface area contributed by atoms with Crippen LogP contribution in [0.1, 0.15) is 35.3 Å². The topological polar surface area (TPSA) is 157 Å². The highest BCUT2D eigenvalue weighted by molar-refractivity contribution is 8.01. The summed E-state index contributed by atoms with van der Waals surface area (Å²) in [4.78, 5) is 30.3. The first-order valence-corrected chi connectivity index (χ1v) is 12.6. The number of hydrazine groups is 1. The average Bonchev–Trinajstić information content (AvgIpc) is 3.55. The van der Waals surface area contributed by atoms with E-state index < -0.39 is 0 Å². The fourth-order valence-electron chi connectivity index (χ4n) is 2.54. The number of aromatic nitrogens is 4. The molecule has 0 aromatic carbocycles. The lowest BCUT2D eigenvalue weighted by atomic mass is 10.3. The molecule has 0 spiro atoms. The van der Waals surface area contributed by atoms with E-state index in [1.807, 2.05) is 19.1 Å². The van der Waals surface area contributed by atoms with Crippen molar-refractivity contribution in [3.8, 4) is 16.5 Å². The molecule has 0 saturated heterocycles. The van der Waals surface area contributed by atoms with Gasteiger partial charge in [-0.1, -0.05) is 0 Å². The van der Waals surface area contributed by atoms with Gasteiger partial charge in [0.25, 0.3) is 5.91 Å². The van der Waals surface area contributed by atoms with Crippen LogP contribution in [0.25, 0.3) is 10.6 Å². The van der Waals surface area contributed by atoms with Crippen molar-refractivity contribution in [1.82, 2.24) is 30.3 Å². The number of carbonyl (C=O) groups excluding carboxylic acids is 1. The fourth-order valence-corrected chi connectivity index (χ4v) is 4.13. The third kappa shape index (κ3) is 9.03. The summed E-state index contributed by atoms with van der Waals surface area (Å²) in [7, 11) is 1.70. The first-order chi connectivity index (χ1) is 17.0. The molecule has 186 valence electrons. The lowest BCUT2D eigenvalue weighted by molar-refractivity contribution is 0.0950. The maximum atomic E-state index is 12.5. The quantitative estimate of drug-likeness (QED) is 0.179. The summed E-state index contributed by atoms with van der Waals surface area (Å²) in [5.74, 6) is 5.27. The number of nitrogens with zero attached hydrogens (tertiary/aromatic N) is 5. The molecule has 1 aliphatic rings. The van der Waals surface area contributed by atoms with Crippen molar-refractivity contribution in [2.24, 2.45) is 11.6 Å². The molecule has 0 unspecified atom stereocenters. The third-order valence-electron chi connectivity index (χ3n) is 4.29. The number of thiazole rings is 1. The number of ether oxygens (including phenoxy) is 1. The minimum atomic E-state index is -0.248. The van der Waals surface area contributed by atoms with E-state index >= 15 is 0 Å². The Morgan fingerprint density at radius 3 is 2.86 bits per heavy atom. The first-order valence-electron chi connectivity index (χ1n) is 10.9. The monoisotopic (exact) mass is 515 g/mol. The van der Waals surface area contributed by atoms with Crippen LogP contribution in [0.5, 0.6) is 5.88 Å². The van der Waals surface area contributed by atoms with Crippen molar-refractivity contribution < 1.29 is 9.53 Å². The van der Waals surface area contributed by atoms with Crippen LogP contribution >= 0.6 is 23.3 Å². The molecular formula is C22H29N9O2S2. The zero-order chi connectivity index (χ0) is 25.0. The molecule has 3 aromatic heterocycles. The molecule has 0 radical (unpaired) electrons. The van der Waals surface area contributed by atoms with Gasteiger partial charge in [-0.25, -0.2) is 15.8 Å². The second kappa shape index (κ2) is 13.5. The Balaban J connectivity index is 0.000000509. The summed E-state index contributed by atoms with van der Waals surface area (Å²) < 4.78 is 8.70. The molecule has 0 bridgehead atoms. The third-order valence-corrected chi connectivity index (χ3v) is 6.47.